The van der Waals surface area contributed by atoms with Gasteiger partial charge in [-0.25, -0.2) is 9.59 Å². The minimum atomic E-state index is -1.10. The molecule has 7 heteroatoms. The molecule has 1 saturated carbocycles. The smallest absolute Gasteiger partial charge is 0.328 e. The number of amides is 3. The monoisotopic (exact) mass is 297 g/mol. The molecular weight excluding hydrogens is 274 g/mol. The largest absolute Gasteiger partial charge is 0.480 e. The van der Waals surface area contributed by atoms with Crippen molar-refractivity contribution in [3.05, 3.63) is 0 Å². The van der Waals surface area contributed by atoms with E-state index in [9.17, 15) is 14.4 Å². The van der Waals surface area contributed by atoms with Crippen LogP contribution in [0.3, 0.4) is 0 Å². The topological polar surface area (TPSA) is 98.7 Å². The molecule has 2 rings (SSSR count). The van der Waals surface area contributed by atoms with Crippen molar-refractivity contribution in [1.29, 1.82) is 0 Å². The van der Waals surface area contributed by atoms with E-state index in [1.165, 1.54) is 0 Å². The summed E-state index contributed by atoms with van der Waals surface area (Å²) in [6.07, 6.45) is 3.00. The number of urea groups is 1. The molecule has 0 spiro atoms. The van der Waals surface area contributed by atoms with Gasteiger partial charge in [-0.3, -0.25) is 9.69 Å². The lowest BCUT2D eigenvalue weighted by Crippen LogP contribution is -2.62. The van der Waals surface area contributed by atoms with E-state index < -0.39 is 18.0 Å². The lowest BCUT2D eigenvalue weighted by atomic mass is 9.80. The molecule has 0 aromatic heterocycles. The SMILES string of the molecule is CC1CCC(NC(=O)N2CC(=O)NCC2C(=O)O)C(C)C1. The maximum absolute atomic E-state index is 12.3. The van der Waals surface area contributed by atoms with E-state index in [0.29, 0.717) is 11.8 Å². The highest BCUT2D eigenvalue weighted by atomic mass is 16.4. The summed E-state index contributed by atoms with van der Waals surface area (Å²) < 4.78 is 0. The number of hydrogen-bond donors (Lipinski definition) is 3. The van der Waals surface area contributed by atoms with Crippen LogP contribution in [0.5, 0.6) is 0 Å². The van der Waals surface area contributed by atoms with Crippen LogP contribution in [0.2, 0.25) is 0 Å². The molecule has 1 aliphatic carbocycles. The van der Waals surface area contributed by atoms with Gasteiger partial charge in [0.1, 0.15) is 12.6 Å². The number of rotatable bonds is 2. The number of nitrogens with zero attached hydrogens (tertiary/aromatic N) is 1. The first kappa shape index (κ1) is 15.6. The molecule has 0 aromatic rings. The number of carboxylic acids is 1. The van der Waals surface area contributed by atoms with Crippen LogP contribution in [0, 0.1) is 11.8 Å². The Bertz CT molecular complexity index is 440. The average molecular weight is 297 g/mol. The van der Waals surface area contributed by atoms with E-state index in [1.807, 2.05) is 0 Å². The van der Waals surface area contributed by atoms with E-state index in [0.717, 1.165) is 24.2 Å². The molecule has 7 nitrogen and oxygen atoms in total. The predicted molar refractivity (Wildman–Crippen MR) is 75.6 cm³/mol. The van der Waals surface area contributed by atoms with Gasteiger partial charge < -0.3 is 15.7 Å². The molecule has 21 heavy (non-hydrogen) atoms. The molecule has 2 fully saturated rings. The number of carbonyl (C=O) groups excluding carboxylic acids is 2. The zero-order valence-electron chi connectivity index (χ0n) is 12.5. The number of aliphatic carboxylic acids is 1. The third-order valence-corrected chi connectivity index (χ3v) is 4.47. The van der Waals surface area contributed by atoms with Gasteiger partial charge >= 0.3 is 12.0 Å². The fourth-order valence-corrected chi connectivity index (χ4v) is 3.20. The first-order valence-electron chi connectivity index (χ1n) is 7.45. The first-order chi connectivity index (χ1) is 9.88. The van der Waals surface area contributed by atoms with Crippen LogP contribution in [0.15, 0.2) is 0 Å². The summed E-state index contributed by atoms with van der Waals surface area (Å²) in [5.74, 6) is -0.413. The summed E-state index contributed by atoms with van der Waals surface area (Å²) in [6, 6.07) is -1.41. The quantitative estimate of drug-likeness (QED) is 0.687. The van der Waals surface area contributed by atoms with Crippen molar-refractivity contribution in [2.24, 2.45) is 11.8 Å². The molecule has 1 aliphatic heterocycles. The molecule has 3 amide bonds. The standard InChI is InChI=1S/C14H23N3O4/c1-8-3-4-10(9(2)5-8)16-14(21)17-7-12(18)15-6-11(17)13(19)20/h8-11H,3-7H2,1-2H3,(H,15,18)(H,16,21)(H,19,20). The second-order valence-electron chi connectivity index (χ2n) is 6.24. The number of nitrogens with one attached hydrogen (secondary N) is 2. The Kier molecular flexibility index (Phi) is 4.69. The van der Waals surface area contributed by atoms with Crippen LogP contribution in [-0.2, 0) is 9.59 Å². The van der Waals surface area contributed by atoms with Gasteiger partial charge in [-0.05, 0) is 31.1 Å². The Labute approximate surface area is 124 Å². The Morgan fingerprint density at radius 2 is 2.05 bits per heavy atom. The predicted octanol–water partition coefficient (Wildman–Crippen LogP) is 0.406. The molecule has 0 radical (unpaired) electrons. The van der Waals surface area contributed by atoms with Crippen molar-refractivity contribution in [1.82, 2.24) is 15.5 Å². The second-order valence-corrected chi connectivity index (χ2v) is 6.24. The van der Waals surface area contributed by atoms with Crippen molar-refractivity contribution in [3.8, 4) is 0 Å². The van der Waals surface area contributed by atoms with Crippen molar-refractivity contribution in [3.63, 3.8) is 0 Å². The van der Waals surface area contributed by atoms with Gasteiger partial charge in [0.15, 0.2) is 0 Å². The maximum atomic E-state index is 12.3. The molecule has 1 heterocycles. The van der Waals surface area contributed by atoms with Gasteiger partial charge in [0.25, 0.3) is 0 Å². The molecule has 3 N–H and O–H groups in total. The summed E-state index contributed by atoms with van der Waals surface area (Å²) in [5, 5.41) is 14.5. The van der Waals surface area contributed by atoms with E-state index in [4.69, 9.17) is 5.11 Å². The Morgan fingerprint density at radius 1 is 1.33 bits per heavy atom. The summed E-state index contributed by atoms with van der Waals surface area (Å²) in [6.45, 7) is 4.04. The minimum Gasteiger partial charge on any atom is -0.480 e. The second kappa shape index (κ2) is 6.32. The fourth-order valence-electron chi connectivity index (χ4n) is 3.20. The molecule has 4 unspecified atom stereocenters. The van der Waals surface area contributed by atoms with Gasteiger partial charge in [0, 0.05) is 12.6 Å². The first-order valence-corrected chi connectivity index (χ1v) is 7.45. The Morgan fingerprint density at radius 3 is 2.67 bits per heavy atom. The van der Waals surface area contributed by atoms with Crippen LogP contribution in [-0.4, -0.2) is 53.1 Å². The summed E-state index contributed by atoms with van der Waals surface area (Å²) in [5.41, 5.74) is 0. The molecule has 0 bridgehead atoms. The number of hydrogen-bond acceptors (Lipinski definition) is 3. The zero-order chi connectivity index (χ0) is 15.6. The van der Waals surface area contributed by atoms with Crippen LogP contribution >= 0.6 is 0 Å². The van der Waals surface area contributed by atoms with Gasteiger partial charge in [-0.1, -0.05) is 13.8 Å². The summed E-state index contributed by atoms with van der Waals surface area (Å²) in [4.78, 5) is 36.1. The average Bonchev–Trinajstić information content (AvgIpc) is 2.41. The lowest BCUT2D eigenvalue weighted by molar-refractivity contribution is -0.144. The van der Waals surface area contributed by atoms with Crippen molar-refractivity contribution in [2.75, 3.05) is 13.1 Å². The fraction of sp³-hybridized carbons (Fsp3) is 0.786. The number of carboxylic acid groups (broad SMARTS) is 1. The molecule has 0 aromatic carbocycles. The van der Waals surface area contributed by atoms with Gasteiger partial charge in [0.05, 0.1) is 0 Å². The summed E-state index contributed by atoms with van der Waals surface area (Å²) >= 11 is 0. The molecule has 118 valence electrons. The number of piperazine rings is 1. The minimum absolute atomic E-state index is 0.0428. The van der Waals surface area contributed by atoms with E-state index in [2.05, 4.69) is 24.5 Å². The van der Waals surface area contributed by atoms with Crippen molar-refractivity contribution < 1.29 is 19.5 Å². The zero-order valence-corrected chi connectivity index (χ0v) is 12.5. The van der Waals surface area contributed by atoms with Gasteiger partial charge in [-0.15, -0.1) is 0 Å². The molecule has 4 atom stereocenters. The van der Waals surface area contributed by atoms with Crippen LogP contribution in [0.25, 0.3) is 0 Å². The highest BCUT2D eigenvalue weighted by molar-refractivity contribution is 5.90. The maximum Gasteiger partial charge on any atom is 0.328 e. The van der Waals surface area contributed by atoms with Crippen molar-refractivity contribution >= 4 is 17.9 Å². The van der Waals surface area contributed by atoms with Crippen LogP contribution < -0.4 is 10.6 Å². The van der Waals surface area contributed by atoms with Crippen LogP contribution in [0.4, 0.5) is 4.79 Å². The summed E-state index contributed by atoms with van der Waals surface area (Å²) in [7, 11) is 0. The third kappa shape index (κ3) is 3.65. The Balaban J connectivity index is 2.00. The highest BCUT2D eigenvalue weighted by Crippen LogP contribution is 2.28. The van der Waals surface area contributed by atoms with Crippen LogP contribution in [0.1, 0.15) is 33.1 Å². The Hall–Kier alpha value is -1.79. The van der Waals surface area contributed by atoms with Crippen molar-refractivity contribution in [2.45, 2.75) is 45.2 Å². The third-order valence-electron chi connectivity index (χ3n) is 4.47. The van der Waals surface area contributed by atoms with Gasteiger partial charge in [-0.2, -0.15) is 0 Å². The van der Waals surface area contributed by atoms with E-state index >= 15 is 0 Å². The molecule has 1 saturated heterocycles. The number of carbonyl (C=O) groups is 3. The molecular formula is C14H23N3O4. The molecule has 2 aliphatic rings. The normalized spacial score (nSPS) is 33.2. The van der Waals surface area contributed by atoms with E-state index in [-0.39, 0.29) is 25.0 Å². The van der Waals surface area contributed by atoms with E-state index in [1.54, 1.807) is 0 Å². The van der Waals surface area contributed by atoms with Gasteiger partial charge in [0.2, 0.25) is 5.91 Å². The lowest BCUT2D eigenvalue weighted by Gasteiger charge is -2.37. The highest BCUT2D eigenvalue weighted by Gasteiger charge is 2.37.